The van der Waals surface area contributed by atoms with E-state index in [0.29, 0.717) is 12.1 Å². The van der Waals surface area contributed by atoms with Gasteiger partial charge in [-0.05, 0) is 25.0 Å². The van der Waals surface area contributed by atoms with E-state index in [2.05, 4.69) is 5.32 Å². The highest BCUT2D eigenvalue weighted by molar-refractivity contribution is 5.88. The fourth-order valence-electron chi connectivity index (χ4n) is 2.04. The number of hydrogen-bond donors (Lipinski definition) is 2. The minimum Gasteiger partial charge on any atom is -0.467 e. The van der Waals surface area contributed by atoms with Crippen LogP contribution in [0, 0.1) is 0 Å². The number of nitrogen functional groups attached to an aromatic ring is 1. The zero-order chi connectivity index (χ0) is 15.9. The molecule has 116 valence electrons. The quantitative estimate of drug-likeness (QED) is 0.576. The third-order valence-corrected chi connectivity index (χ3v) is 3.16. The van der Waals surface area contributed by atoms with Crippen LogP contribution in [0.25, 0.3) is 0 Å². The lowest BCUT2D eigenvalue weighted by Gasteiger charge is -2.27. The van der Waals surface area contributed by atoms with E-state index >= 15 is 0 Å². The molecule has 6 nitrogen and oxygen atoms in total. The maximum atomic E-state index is 12.0. The van der Waals surface area contributed by atoms with Crippen molar-refractivity contribution in [1.82, 2.24) is 5.32 Å². The molecule has 1 atom stereocenters. The third kappa shape index (κ3) is 4.75. The molecule has 1 aromatic carbocycles. The number of carbonyl (C=O) groups excluding carboxylic acids is 2. The van der Waals surface area contributed by atoms with Gasteiger partial charge < -0.3 is 20.5 Å². The molecule has 1 amide bonds. The van der Waals surface area contributed by atoms with Gasteiger partial charge in [-0.3, -0.25) is 4.79 Å². The van der Waals surface area contributed by atoms with Crippen molar-refractivity contribution in [1.29, 1.82) is 0 Å². The number of methoxy groups -OCH3 is 2. The van der Waals surface area contributed by atoms with Crippen LogP contribution in [0.5, 0.6) is 0 Å². The zero-order valence-corrected chi connectivity index (χ0v) is 12.6. The minimum atomic E-state index is -1.19. The Bertz CT molecular complexity index is 504. The van der Waals surface area contributed by atoms with Crippen LogP contribution in [-0.2, 0) is 25.5 Å². The van der Waals surface area contributed by atoms with E-state index in [0.717, 1.165) is 5.56 Å². The number of rotatable bonds is 7. The highest BCUT2D eigenvalue weighted by atomic mass is 16.5. The molecule has 0 aromatic heterocycles. The predicted molar refractivity (Wildman–Crippen MR) is 79.6 cm³/mol. The second-order valence-electron chi connectivity index (χ2n) is 5.00. The Morgan fingerprint density at radius 2 is 1.95 bits per heavy atom. The van der Waals surface area contributed by atoms with Crippen molar-refractivity contribution in [3.63, 3.8) is 0 Å². The summed E-state index contributed by atoms with van der Waals surface area (Å²) in [6.07, 6.45) is 0.729. The summed E-state index contributed by atoms with van der Waals surface area (Å²) in [5, 5.41) is 2.66. The molecule has 1 aromatic rings. The molecule has 0 saturated carbocycles. The van der Waals surface area contributed by atoms with E-state index in [1.807, 2.05) is 18.2 Å². The van der Waals surface area contributed by atoms with Gasteiger partial charge in [0.2, 0.25) is 5.91 Å². The van der Waals surface area contributed by atoms with Crippen LogP contribution in [-0.4, -0.2) is 38.2 Å². The number of aryl methyl sites for hydroxylation is 1. The van der Waals surface area contributed by atoms with Crippen molar-refractivity contribution in [2.75, 3.05) is 26.6 Å². The first kappa shape index (κ1) is 17.0. The first-order chi connectivity index (χ1) is 9.92. The number of ether oxygens (including phenoxy) is 2. The second kappa shape index (κ2) is 7.64. The monoisotopic (exact) mass is 294 g/mol. The molecule has 3 N–H and O–H groups in total. The van der Waals surface area contributed by atoms with E-state index in [4.69, 9.17) is 15.2 Å². The predicted octanol–water partition coefficient (Wildman–Crippen LogP) is 0.896. The normalized spacial score (nSPS) is 13.3. The minimum absolute atomic E-state index is 0.0406. The SMILES string of the molecule is COCC(C)(NC(=O)CCc1ccccc1N)C(=O)OC. The van der Waals surface area contributed by atoms with Crippen molar-refractivity contribution in [3.05, 3.63) is 29.8 Å². The van der Waals surface area contributed by atoms with E-state index in [-0.39, 0.29) is 18.9 Å². The smallest absolute Gasteiger partial charge is 0.333 e. The standard InChI is InChI=1S/C15H22N2O4/c1-15(10-20-2,14(19)21-3)17-13(18)9-8-11-6-4-5-7-12(11)16/h4-7H,8-10,16H2,1-3H3,(H,17,18). The van der Waals surface area contributed by atoms with Crippen LogP contribution in [0.3, 0.4) is 0 Å². The van der Waals surface area contributed by atoms with Gasteiger partial charge in [-0.1, -0.05) is 18.2 Å². The van der Waals surface area contributed by atoms with Gasteiger partial charge in [-0.15, -0.1) is 0 Å². The topological polar surface area (TPSA) is 90.6 Å². The average molecular weight is 294 g/mol. The van der Waals surface area contributed by atoms with Gasteiger partial charge in [0.25, 0.3) is 0 Å². The number of carbonyl (C=O) groups is 2. The molecular formula is C15H22N2O4. The van der Waals surface area contributed by atoms with Crippen molar-refractivity contribution in [2.45, 2.75) is 25.3 Å². The maximum absolute atomic E-state index is 12.0. The molecule has 0 bridgehead atoms. The summed E-state index contributed by atoms with van der Waals surface area (Å²) < 4.78 is 9.67. The van der Waals surface area contributed by atoms with E-state index in [1.54, 1.807) is 13.0 Å². The van der Waals surface area contributed by atoms with Crippen molar-refractivity contribution in [3.8, 4) is 0 Å². The number of benzene rings is 1. The van der Waals surface area contributed by atoms with Gasteiger partial charge in [-0.2, -0.15) is 0 Å². The summed E-state index contributed by atoms with van der Waals surface area (Å²) in [5.41, 5.74) is 6.19. The summed E-state index contributed by atoms with van der Waals surface area (Å²) in [7, 11) is 2.73. The highest BCUT2D eigenvalue weighted by Crippen LogP contribution is 2.13. The molecule has 21 heavy (non-hydrogen) atoms. The number of esters is 1. The largest absolute Gasteiger partial charge is 0.467 e. The second-order valence-corrected chi connectivity index (χ2v) is 5.00. The van der Waals surface area contributed by atoms with Crippen molar-refractivity contribution < 1.29 is 19.1 Å². The number of nitrogens with one attached hydrogen (secondary N) is 1. The molecule has 1 unspecified atom stereocenters. The van der Waals surface area contributed by atoms with E-state index in [1.165, 1.54) is 14.2 Å². The van der Waals surface area contributed by atoms with Crippen LogP contribution in [0.1, 0.15) is 18.9 Å². The molecular weight excluding hydrogens is 272 g/mol. The number of hydrogen-bond acceptors (Lipinski definition) is 5. The molecule has 0 radical (unpaired) electrons. The van der Waals surface area contributed by atoms with E-state index in [9.17, 15) is 9.59 Å². The lowest BCUT2D eigenvalue weighted by atomic mass is 10.0. The molecule has 6 heteroatoms. The third-order valence-electron chi connectivity index (χ3n) is 3.16. The molecule has 1 rings (SSSR count). The lowest BCUT2D eigenvalue weighted by molar-refractivity contribution is -0.152. The van der Waals surface area contributed by atoms with Crippen LogP contribution >= 0.6 is 0 Å². The van der Waals surface area contributed by atoms with Gasteiger partial charge in [0.05, 0.1) is 13.7 Å². The average Bonchev–Trinajstić information content (AvgIpc) is 2.45. The van der Waals surface area contributed by atoms with Gasteiger partial charge in [0, 0.05) is 19.2 Å². The van der Waals surface area contributed by atoms with Gasteiger partial charge in [-0.25, -0.2) is 4.79 Å². The first-order valence-corrected chi connectivity index (χ1v) is 6.64. The van der Waals surface area contributed by atoms with Gasteiger partial charge in [0.15, 0.2) is 5.54 Å². The van der Waals surface area contributed by atoms with Crippen LogP contribution in [0.15, 0.2) is 24.3 Å². The molecule has 0 heterocycles. The van der Waals surface area contributed by atoms with E-state index < -0.39 is 11.5 Å². The summed E-state index contributed by atoms with van der Waals surface area (Å²) in [4.78, 5) is 23.8. The maximum Gasteiger partial charge on any atom is 0.333 e. The Morgan fingerprint density at radius 1 is 1.29 bits per heavy atom. The Hall–Kier alpha value is -2.08. The Balaban J connectivity index is 2.63. The lowest BCUT2D eigenvalue weighted by Crippen LogP contribution is -2.55. The summed E-state index contributed by atoms with van der Waals surface area (Å²) in [6.45, 7) is 1.61. The van der Waals surface area contributed by atoms with Crippen LogP contribution < -0.4 is 11.1 Å². The van der Waals surface area contributed by atoms with Crippen molar-refractivity contribution >= 4 is 17.6 Å². The van der Waals surface area contributed by atoms with Gasteiger partial charge in [0.1, 0.15) is 0 Å². The zero-order valence-electron chi connectivity index (χ0n) is 12.6. The molecule has 0 aliphatic heterocycles. The highest BCUT2D eigenvalue weighted by Gasteiger charge is 2.36. The number of para-hydroxylation sites is 1. The summed E-state index contributed by atoms with van der Waals surface area (Å²) >= 11 is 0. The molecule has 0 aliphatic rings. The Kier molecular flexibility index (Phi) is 6.17. The van der Waals surface area contributed by atoms with Gasteiger partial charge >= 0.3 is 5.97 Å². The van der Waals surface area contributed by atoms with Crippen LogP contribution in [0.2, 0.25) is 0 Å². The summed E-state index contributed by atoms with van der Waals surface area (Å²) in [5.74, 6) is -0.805. The number of nitrogens with two attached hydrogens (primary N) is 1. The summed E-state index contributed by atoms with van der Waals surface area (Å²) in [6, 6.07) is 7.37. The molecule has 0 saturated heterocycles. The number of anilines is 1. The number of amides is 1. The molecule has 0 aliphatic carbocycles. The Morgan fingerprint density at radius 3 is 2.52 bits per heavy atom. The van der Waals surface area contributed by atoms with Crippen LogP contribution in [0.4, 0.5) is 5.69 Å². The molecule has 0 fully saturated rings. The Labute approximate surface area is 124 Å². The fraction of sp³-hybridized carbons (Fsp3) is 0.467. The van der Waals surface area contributed by atoms with Crippen molar-refractivity contribution in [2.24, 2.45) is 0 Å². The fourth-order valence-corrected chi connectivity index (χ4v) is 2.04. The first-order valence-electron chi connectivity index (χ1n) is 6.64. The molecule has 0 spiro atoms.